The molecule has 0 spiro atoms. The van der Waals surface area contributed by atoms with Crippen LogP contribution in [-0.4, -0.2) is 54.3 Å². The molecule has 4 rings (SSSR count). The number of anilines is 2. The van der Waals surface area contributed by atoms with Gasteiger partial charge in [0.05, 0.1) is 5.69 Å². The Morgan fingerprint density at radius 1 is 1.05 bits per heavy atom. The maximum atomic E-state index is 13.8. The van der Waals surface area contributed by atoms with E-state index in [1.165, 1.54) is 11.3 Å². The first-order valence-electron chi connectivity index (χ1n) is 12.7. The number of likely N-dealkylation sites (tertiary alicyclic amines) is 1. The van der Waals surface area contributed by atoms with Gasteiger partial charge < -0.3 is 15.5 Å². The van der Waals surface area contributed by atoms with Gasteiger partial charge in [-0.1, -0.05) is 43.5 Å². The molecule has 4 amide bonds. The molecule has 192 valence electrons. The van der Waals surface area contributed by atoms with Gasteiger partial charge in [-0.3, -0.25) is 14.5 Å². The number of nitrogens with zero attached hydrogens (tertiary/aromatic N) is 4. The molecule has 2 aromatic rings. The quantitative estimate of drug-likeness (QED) is 0.662. The molecule has 1 atom stereocenters. The van der Waals surface area contributed by atoms with E-state index in [0.29, 0.717) is 30.0 Å². The molecule has 0 radical (unpaired) electrons. The summed E-state index contributed by atoms with van der Waals surface area (Å²) in [5.74, 6) is -0.728. The molecular weight excluding hydrogens is 468 g/mol. The van der Waals surface area contributed by atoms with E-state index < -0.39 is 18.1 Å². The summed E-state index contributed by atoms with van der Waals surface area (Å²) in [6.07, 6.45) is 3.82. The van der Waals surface area contributed by atoms with Crippen LogP contribution in [0.15, 0.2) is 47.5 Å². The fraction of sp³-hybridized carbons (Fsp3) is 0.393. The number of rotatable bonds is 4. The van der Waals surface area contributed by atoms with Gasteiger partial charge in [-0.2, -0.15) is 5.26 Å². The second-order valence-corrected chi connectivity index (χ2v) is 9.50. The lowest BCUT2D eigenvalue weighted by atomic mass is 10.0. The van der Waals surface area contributed by atoms with Crippen LogP contribution < -0.4 is 15.5 Å². The third-order valence-corrected chi connectivity index (χ3v) is 6.67. The third-order valence-electron chi connectivity index (χ3n) is 6.67. The number of hydrogen-bond donors (Lipinski definition) is 2. The molecule has 2 aliphatic rings. The molecule has 0 aromatic heterocycles. The van der Waals surface area contributed by atoms with Crippen LogP contribution >= 0.6 is 0 Å². The van der Waals surface area contributed by atoms with Crippen molar-refractivity contribution in [1.82, 2.24) is 10.2 Å². The largest absolute Gasteiger partial charge is 0.341 e. The maximum Gasteiger partial charge on any atom is 0.321 e. The third kappa shape index (κ3) is 6.15. The second-order valence-electron chi connectivity index (χ2n) is 9.50. The summed E-state index contributed by atoms with van der Waals surface area (Å²) in [6, 6.07) is 14.0. The summed E-state index contributed by atoms with van der Waals surface area (Å²) < 4.78 is 0. The van der Waals surface area contributed by atoms with Crippen LogP contribution in [0.2, 0.25) is 0 Å². The molecule has 2 N–H and O–H groups in total. The van der Waals surface area contributed by atoms with Gasteiger partial charge >= 0.3 is 6.03 Å². The lowest BCUT2D eigenvalue weighted by Gasteiger charge is -2.30. The number of nitrogens with one attached hydrogen (secondary N) is 2. The minimum Gasteiger partial charge on any atom is -0.341 e. The molecule has 2 aromatic carbocycles. The van der Waals surface area contributed by atoms with E-state index in [2.05, 4.69) is 21.7 Å². The van der Waals surface area contributed by atoms with Crippen LogP contribution in [0.1, 0.15) is 48.8 Å². The SMILES string of the molecule is Cc1cccc(NC(=O)N[C@@H]2N=C(C#N)c3cccc(C)c3N(CC(=O)N3CCCCCCC3)C2=O)c1. The number of carbonyl (C=O) groups is 3. The summed E-state index contributed by atoms with van der Waals surface area (Å²) >= 11 is 0. The molecule has 0 bridgehead atoms. The van der Waals surface area contributed by atoms with Crippen molar-refractivity contribution in [3.05, 3.63) is 59.2 Å². The summed E-state index contributed by atoms with van der Waals surface area (Å²) in [4.78, 5) is 47.5. The Morgan fingerprint density at radius 2 is 1.76 bits per heavy atom. The highest BCUT2D eigenvalue weighted by molar-refractivity contribution is 6.20. The van der Waals surface area contributed by atoms with Gasteiger partial charge in [-0.05, 0) is 56.0 Å². The number of amides is 4. The van der Waals surface area contributed by atoms with Crippen molar-refractivity contribution in [1.29, 1.82) is 5.26 Å². The average Bonchev–Trinajstić information content (AvgIpc) is 2.94. The van der Waals surface area contributed by atoms with Gasteiger partial charge in [0.2, 0.25) is 12.1 Å². The molecule has 2 aliphatic heterocycles. The van der Waals surface area contributed by atoms with Crippen molar-refractivity contribution in [2.24, 2.45) is 4.99 Å². The Kier molecular flexibility index (Phi) is 8.18. The Balaban J connectivity index is 1.63. The highest BCUT2D eigenvalue weighted by Crippen LogP contribution is 2.29. The Bertz CT molecular complexity index is 1260. The molecule has 37 heavy (non-hydrogen) atoms. The van der Waals surface area contributed by atoms with Crippen molar-refractivity contribution in [2.45, 2.75) is 52.1 Å². The normalized spacial score (nSPS) is 17.9. The number of carbonyl (C=O) groups excluding carboxylic acids is 3. The molecule has 0 unspecified atom stereocenters. The summed E-state index contributed by atoms with van der Waals surface area (Å²) in [5.41, 5.74) is 3.21. The number of aliphatic imine (C=N–C) groups is 1. The second kappa shape index (κ2) is 11.7. The zero-order chi connectivity index (χ0) is 26.4. The van der Waals surface area contributed by atoms with Crippen LogP contribution in [0.25, 0.3) is 0 Å². The number of benzene rings is 2. The van der Waals surface area contributed by atoms with E-state index in [-0.39, 0.29) is 18.2 Å². The molecule has 9 heteroatoms. The highest BCUT2D eigenvalue weighted by Gasteiger charge is 2.35. The first-order valence-corrected chi connectivity index (χ1v) is 12.7. The molecule has 1 fully saturated rings. The van der Waals surface area contributed by atoms with Crippen LogP contribution in [0.5, 0.6) is 0 Å². The highest BCUT2D eigenvalue weighted by atomic mass is 16.2. The van der Waals surface area contributed by atoms with Crippen molar-refractivity contribution in [3.8, 4) is 6.07 Å². The maximum absolute atomic E-state index is 13.8. The predicted octanol–water partition coefficient (Wildman–Crippen LogP) is 3.90. The van der Waals surface area contributed by atoms with Crippen LogP contribution in [0.3, 0.4) is 0 Å². The fourth-order valence-electron chi connectivity index (χ4n) is 4.81. The zero-order valence-corrected chi connectivity index (χ0v) is 21.3. The number of fused-ring (bicyclic) bond motifs is 1. The molecular formula is C28H32N6O3. The topological polar surface area (TPSA) is 118 Å². The summed E-state index contributed by atoms with van der Waals surface area (Å²) in [6.45, 7) is 4.85. The van der Waals surface area contributed by atoms with Crippen molar-refractivity contribution >= 4 is 34.9 Å². The van der Waals surface area contributed by atoms with Gasteiger partial charge in [-0.25, -0.2) is 9.79 Å². The zero-order valence-electron chi connectivity index (χ0n) is 21.3. The summed E-state index contributed by atoms with van der Waals surface area (Å²) in [5, 5.41) is 15.2. The first kappa shape index (κ1) is 25.9. The smallest absolute Gasteiger partial charge is 0.321 e. The van der Waals surface area contributed by atoms with Crippen molar-refractivity contribution in [2.75, 3.05) is 29.9 Å². The monoisotopic (exact) mass is 500 g/mol. The lowest BCUT2D eigenvalue weighted by Crippen LogP contribution is -2.52. The van der Waals surface area contributed by atoms with Crippen molar-refractivity contribution in [3.63, 3.8) is 0 Å². The molecule has 9 nitrogen and oxygen atoms in total. The number of urea groups is 1. The Labute approximate surface area is 217 Å². The number of aryl methyl sites for hydroxylation is 2. The van der Waals surface area contributed by atoms with E-state index >= 15 is 0 Å². The van der Waals surface area contributed by atoms with Crippen molar-refractivity contribution < 1.29 is 14.4 Å². The predicted molar refractivity (Wildman–Crippen MR) is 142 cm³/mol. The van der Waals surface area contributed by atoms with Gasteiger partial charge in [0.25, 0.3) is 5.91 Å². The van der Waals surface area contributed by atoms with E-state index in [9.17, 15) is 19.6 Å². The molecule has 0 saturated carbocycles. The first-order chi connectivity index (χ1) is 17.9. The number of benzodiazepines with no additional fused rings is 1. The fourth-order valence-corrected chi connectivity index (χ4v) is 4.81. The molecule has 0 aliphatic carbocycles. The molecule has 2 heterocycles. The average molecular weight is 501 g/mol. The summed E-state index contributed by atoms with van der Waals surface area (Å²) in [7, 11) is 0. The minimum atomic E-state index is -1.37. The van der Waals surface area contributed by atoms with Gasteiger partial charge in [-0.15, -0.1) is 0 Å². The van der Waals surface area contributed by atoms with E-state index in [1.54, 1.807) is 24.3 Å². The van der Waals surface area contributed by atoms with E-state index in [1.807, 2.05) is 36.9 Å². The van der Waals surface area contributed by atoms with Gasteiger partial charge in [0.15, 0.2) is 0 Å². The Morgan fingerprint density at radius 3 is 2.46 bits per heavy atom. The van der Waals surface area contributed by atoms with E-state index in [0.717, 1.165) is 36.8 Å². The molecule has 1 saturated heterocycles. The Hall–Kier alpha value is -4.19. The van der Waals surface area contributed by atoms with Crippen LogP contribution in [-0.2, 0) is 9.59 Å². The van der Waals surface area contributed by atoms with Crippen LogP contribution in [0.4, 0.5) is 16.2 Å². The van der Waals surface area contributed by atoms with Gasteiger partial charge in [0.1, 0.15) is 18.3 Å². The standard InChI is InChI=1S/C28H32N6O3/c1-19-10-8-12-21(16-19)30-28(37)32-26-27(36)34(18-24(35)33-14-6-4-3-5-7-15-33)25-20(2)11-9-13-22(25)23(17-29)31-26/h8-13,16,26H,3-7,14-15,18H2,1-2H3,(H2,30,32,37)/t26-/m0/s1. The van der Waals surface area contributed by atoms with Crippen LogP contribution in [0, 0.1) is 25.2 Å². The number of nitriles is 1. The van der Waals surface area contributed by atoms with Gasteiger partial charge in [0, 0.05) is 24.3 Å². The number of para-hydroxylation sites is 1. The van der Waals surface area contributed by atoms with E-state index in [4.69, 9.17) is 0 Å². The number of hydrogen-bond acceptors (Lipinski definition) is 5. The lowest BCUT2D eigenvalue weighted by molar-refractivity contribution is -0.132. The minimum absolute atomic E-state index is 0.0223.